The monoisotopic (exact) mass is 340 g/mol. The van der Waals surface area contributed by atoms with Crippen LogP contribution in [0.25, 0.3) is 10.9 Å². The van der Waals surface area contributed by atoms with Gasteiger partial charge in [0.05, 0.1) is 11.1 Å². The van der Waals surface area contributed by atoms with E-state index in [2.05, 4.69) is 17.2 Å². The molecule has 1 fully saturated rings. The van der Waals surface area contributed by atoms with Gasteiger partial charge in [-0.25, -0.2) is 4.79 Å². The van der Waals surface area contributed by atoms with Crippen LogP contribution in [0.1, 0.15) is 61.0 Å². The molecule has 25 heavy (non-hydrogen) atoms. The number of fused-ring (bicyclic) bond motifs is 1. The largest absolute Gasteiger partial charge is 0.452 e. The molecule has 0 atom stereocenters. The first-order chi connectivity index (χ1) is 12.2. The second-order valence-corrected chi connectivity index (χ2v) is 6.52. The summed E-state index contributed by atoms with van der Waals surface area (Å²) >= 11 is 0. The molecule has 1 aliphatic rings. The summed E-state index contributed by atoms with van der Waals surface area (Å²) in [7, 11) is 0. The number of pyridine rings is 1. The highest BCUT2D eigenvalue weighted by Gasteiger charge is 2.27. The first-order valence-electron chi connectivity index (χ1n) is 9.02. The summed E-state index contributed by atoms with van der Waals surface area (Å²) in [5.74, 6) is -0.285. The molecule has 2 aromatic rings. The molecule has 0 saturated heterocycles. The van der Waals surface area contributed by atoms with Gasteiger partial charge >= 0.3 is 5.97 Å². The van der Waals surface area contributed by atoms with E-state index in [4.69, 9.17) is 4.74 Å². The number of unbranched alkanes of at least 4 members (excludes halogenated alkanes) is 2. The third-order valence-electron chi connectivity index (χ3n) is 4.39. The number of esters is 1. The lowest BCUT2D eigenvalue weighted by atomic mass is 10.1. The lowest BCUT2D eigenvalue weighted by Gasteiger charge is -2.10. The molecule has 132 valence electrons. The Labute approximate surface area is 147 Å². The number of benzene rings is 1. The summed E-state index contributed by atoms with van der Waals surface area (Å²) in [4.78, 5) is 28.9. The van der Waals surface area contributed by atoms with E-state index in [-0.39, 0.29) is 12.5 Å². The van der Waals surface area contributed by atoms with Gasteiger partial charge in [-0.3, -0.25) is 9.78 Å². The quantitative estimate of drug-likeness (QED) is 0.589. The van der Waals surface area contributed by atoms with Gasteiger partial charge in [-0.2, -0.15) is 0 Å². The Morgan fingerprint density at radius 2 is 2.04 bits per heavy atom. The summed E-state index contributed by atoms with van der Waals surface area (Å²) in [5, 5.41) is 3.54. The van der Waals surface area contributed by atoms with Gasteiger partial charge in [0.15, 0.2) is 6.61 Å². The number of aromatic nitrogens is 1. The molecule has 1 saturated carbocycles. The smallest absolute Gasteiger partial charge is 0.339 e. The summed E-state index contributed by atoms with van der Waals surface area (Å²) in [6.45, 7) is 2.48. The third kappa shape index (κ3) is 4.56. The molecular weight excluding hydrogens is 316 g/mol. The molecule has 0 radical (unpaired) electrons. The van der Waals surface area contributed by atoms with Gasteiger partial charge < -0.3 is 10.1 Å². The zero-order valence-electron chi connectivity index (χ0n) is 14.6. The van der Waals surface area contributed by atoms with Crippen molar-refractivity contribution in [1.82, 2.24) is 10.3 Å². The molecule has 1 amide bonds. The van der Waals surface area contributed by atoms with Gasteiger partial charge in [0.1, 0.15) is 0 Å². The number of carbonyl (C=O) groups is 2. The third-order valence-corrected chi connectivity index (χ3v) is 4.39. The molecule has 3 rings (SSSR count). The van der Waals surface area contributed by atoms with E-state index >= 15 is 0 Å². The number of nitrogens with one attached hydrogen (secondary N) is 1. The molecule has 1 aliphatic carbocycles. The van der Waals surface area contributed by atoms with Crippen LogP contribution in [-0.2, 0) is 9.53 Å². The summed E-state index contributed by atoms with van der Waals surface area (Å²) < 4.78 is 5.23. The molecule has 5 heteroatoms. The van der Waals surface area contributed by atoms with Gasteiger partial charge in [0.25, 0.3) is 5.91 Å². The molecule has 1 heterocycles. The average molecular weight is 340 g/mol. The van der Waals surface area contributed by atoms with E-state index < -0.39 is 5.97 Å². The van der Waals surface area contributed by atoms with Crippen LogP contribution in [0.2, 0.25) is 0 Å². The van der Waals surface area contributed by atoms with Crippen molar-refractivity contribution in [3.8, 4) is 0 Å². The summed E-state index contributed by atoms with van der Waals surface area (Å²) in [6, 6.07) is 9.36. The van der Waals surface area contributed by atoms with Crippen molar-refractivity contribution in [1.29, 1.82) is 0 Å². The van der Waals surface area contributed by atoms with E-state index in [9.17, 15) is 9.59 Å². The predicted molar refractivity (Wildman–Crippen MR) is 96.5 cm³/mol. The Kier molecular flexibility index (Phi) is 5.64. The number of ether oxygens (including phenoxy) is 1. The second-order valence-electron chi connectivity index (χ2n) is 6.52. The van der Waals surface area contributed by atoms with Crippen molar-refractivity contribution >= 4 is 22.8 Å². The number of carbonyl (C=O) groups excluding carboxylic acids is 2. The normalized spacial score (nSPS) is 13.6. The highest BCUT2D eigenvalue weighted by molar-refractivity contribution is 6.04. The lowest BCUT2D eigenvalue weighted by molar-refractivity contribution is -0.124. The molecule has 1 aromatic heterocycles. The predicted octanol–water partition coefficient (Wildman–Crippen LogP) is 3.58. The fourth-order valence-corrected chi connectivity index (χ4v) is 2.82. The molecular formula is C20H24N2O3. The number of rotatable bonds is 8. The maximum atomic E-state index is 12.5. The molecule has 0 spiro atoms. The first-order valence-corrected chi connectivity index (χ1v) is 9.02. The Hall–Kier alpha value is -2.43. The SMILES string of the molecule is CCCCCNC(=O)COC(=O)c1cc(C2CC2)nc2ccccc12. The number of hydrogen-bond donors (Lipinski definition) is 1. The van der Waals surface area contributed by atoms with Crippen LogP contribution in [0, 0.1) is 0 Å². The lowest BCUT2D eigenvalue weighted by Crippen LogP contribution is -2.29. The molecule has 0 aliphatic heterocycles. The maximum absolute atomic E-state index is 12.5. The topological polar surface area (TPSA) is 68.3 Å². The first kappa shape index (κ1) is 17.4. The van der Waals surface area contributed by atoms with Crippen LogP contribution in [-0.4, -0.2) is 30.0 Å². The van der Waals surface area contributed by atoms with Gasteiger partial charge in [0.2, 0.25) is 0 Å². The van der Waals surface area contributed by atoms with Crippen molar-refractivity contribution < 1.29 is 14.3 Å². The van der Waals surface area contributed by atoms with E-state index in [0.717, 1.165) is 48.7 Å². The van der Waals surface area contributed by atoms with Crippen LogP contribution in [0.3, 0.4) is 0 Å². The zero-order chi connectivity index (χ0) is 17.6. The fourth-order valence-electron chi connectivity index (χ4n) is 2.82. The molecule has 0 bridgehead atoms. The molecule has 0 unspecified atom stereocenters. The summed E-state index contributed by atoms with van der Waals surface area (Å²) in [6.07, 6.45) is 5.34. The number of nitrogens with zero attached hydrogens (tertiary/aromatic N) is 1. The van der Waals surface area contributed by atoms with Crippen LogP contribution in [0.5, 0.6) is 0 Å². The molecule has 1 aromatic carbocycles. The molecule has 5 nitrogen and oxygen atoms in total. The Bertz CT molecular complexity index is 769. The standard InChI is InChI=1S/C20H24N2O3/c1-2-3-6-11-21-19(23)13-25-20(24)16-12-18(14-9-10-14)22-17-8-5-4-7-15(16)17/h4-5,7-8,12,14H,2-3,6,9-11,13H2,1H3,(H,21,23). The highest BCUT2D eigenvalue weighted by Crippen LogP contribution is 2.40. The van der Waals surface area contributed by atoms with Gasteiger partial charge in [0, 0.05) is 23.5 Å². The number of amides is 1. The van der Waals surface area contributed by atoms with E-state index in [1.54, 1.807) is 0 Å². The fraction of sp³-hybridized carbons (Fsp3) is 0.450. The van der Waals surface area contributed by atoms with E-state index in [0.29, 0.717) is 18.0 Å². The average Bonchev–Trinajstić information content (AvgIpc) is 3.47. The Morgan fingerprint density at radius 3 is 2.80 bits per heavy atom. The maximum Gasteiger partial charge on any atom is 0.339 e. The highest BCUT2D eigenvalue weighted by atomic mass is 16.5. The Morgan fingerprint density at radius 1 is 1.24 bits per heavy atom. The Balaban J connectivity index is 1.66. The van der Waals surface area contributed by atoms with Crippen molar-refractivity contribution in [3.63, 3.8) is 0 Å². The number of para-hydroxylation sites is 1. The summed E-state index contributed by atoms with van der Waals surface area (Å²) in [5.41, 5.74) is 2.23. The van der Waals surface area contributed by atoms with E-state index in [1.807, 2.05) is 30.3 Å². The van der Waals surface area contributed by atoms with Crippen LogP contribution in [0.15, 0.2) is 30.3 Å². The minimum atomic E-state index is -0.468. The second kappa shape index (κ2) is 8.10. The van der Waals surface area contributed by atoms with Gasteiger partial charge in [-0.1, -0.05) is 38.0 Å². The number of hydrogen-bond acceptors (Lipinski definition) is 4. The van der Waals surface area contributed by atoms with Gasteiger partial charge in [-0.05, 0) is 31.4 Å². The van der Waals surface area contributed by atoms with Crippen molar-refractivity contribution in [2.75, 3.05) is 13.2 Å². The van der Waals surface area contributed by atoms with Gasteiger partial charge in [-0.15, -0.1) is 0 Å². The zero-order valence-corrected chi connectivity index (χ0v) is 14.6. The minimum Gasteiger partial charge on any atom is -0.452 e. The van der Waals surface area contributed by atoms with Crippen LogP contribution < -0.4 is 5.32 Å². The van der Waals surface area contributed by atoms with E-state index in [1.165, 1.54) is 0 Å². The van der Waals surface area contributed by atoms with Crippen molar-refractivity contribution in [2.24, 2.45) is 0 Å². The van der Waals surface area contributed by atoms with Crippen LogP contribution >= 0.6 is 0 Å². The van der Waals surface area contributed by atoms with Crippen molar-refractivity contribution in [3.05, 3.63) is 41.6 Å². The van der Waals surface area contributed by atoms with Crippen molar-refractivity contribution in [2.45, 2.75) is 44.9 Å². The van der Waals surface area contributed by atoms with Crippen LogP contribution in [0.4, 0.5) is 0 Å². The minimum absolute atomic E-state index is 0.250. The molecule has 1 N–H and O–H groups in total.